The number of aliphatic hydroxyl groups excluding tert-OH is 1. The van der Waals surface area contributed by atoms with E-state index in [9.17, 15) is 5.11 Å². The molecule has 1 aliphatic carbocycles. The maximum atomic E-state index is 9.52. The lowest BCUT2D eigenvalue weighted by molar-refractivity contribution is -0.0414. The average molecular weight is 311 g/mol. The highest BCUT2D eigenvalue weighted by atomic mass is 35.5. The predicted molar refractivity (Wildman–Crippen MR) is 86.4 cm³/mol. The van der Waals surface area contributed by atoms with Gasteiger partial charge in [0.1, 0.15) is 5.17 Å². The summed E-state index contributed by atoms with van der Waals surface area (Å²) in [6.07, 6.45) is 9.12. The molecule has 2 rings (SSSR count). The fourth-order valence-electron chi connectivity index (χ4n) is 2.35. The number of nitrogens with zero attached hydrogens (tertiary/aromatic N) is 2. The average Bonchev–Trinajstić information content (AvgIpc) is 3.24. The summed E-state index contributed by atoms with van der Waals surface area (Å²) in [6.45, 7) is 7.31. The quantitative estimate of drug-likeness (QED) is 0.581. The van der Waals surface area contributed by atoms with Crippen LogP contribution in [0.3, 0.4) is 0 Å². The molecule has 0 saturated heterocycles. The van der Waals surface area contributed by atoms with E-state index in [1.165, 1.54) is 12.8 Å². The minimum absolute atomic E-state index is 0.220. The lowest BCUT2D eigenvalue weighted by Gasteiger charge is -2.33. The topological polar surface area (TPSA) is 45.1 Å². The van der Waals surface area contributed by atoms with Gasteiger partial charge in [-0.15, -0.1) is 6.58 Å². The van der Waals surface area contributed by atoms with Crippen LogP contribution >= 0.6 is 11.6 Å². The van der Waals surface area contributed by atoms with Crippen LogP contribution in [0.15, 0.2) is 41.6 Å². The number of rotatable bonds is 7. The summed E-state index contributed by atoms with van der Waals surface area (Å²) in [5, 5.41) is 9.99. The summed E-state index contributed by atoms with van der Waals surface area (Å²) in [7, 11) is 1.66. The first-order valence-corrected chi connectivity index (χ1v) is 7.57. The summed E-state index contributed by atoms with van der Waals surface area (Å²) in [6, 6.07) is 0.535. The van der Waals surface area contributed by atoms with Crippen molar-refractivity contribution in [2.45, 2.75) is 32.1 Å². The number of aliphatic imine (C=N–C) groups is 1. The van der Waals surface area contributed by atoms with Crippen molar-refractivity contribution in [3.63, 3.8) is 0 Å². The Balaban J connectivity index is 2.12. The third kappa shape index (κ3) is 4.43. The molecule has 1 aliphatic heterocycles. The van der Waals surface area contributed by atoms with Gasteiger partial charge in [-0.05, 0) is 25.0 Å². The first-order valence-electron chi connectivity index (χ1n) is 7.19. The molecule has 21 heavy (non-hydrogen) atoms. The molecule has 1 saturated carbocycles. The highest BCUT2D eigenvalue weighted by Gasteiger charge is 2.35. The van der Waals surface area contributed by atoms with Gasteiger partial charge in [0, 0.05) is 30.7 Å². The molecule has 0 bridgehead atoms. The summed E-state index contributed by atoms with van der Waals surface area (Å²) in [4.78, 5) is 6.24. The third-order valence-corrected chi connectivity index (χ3v) is 4.18. The predicted octanol–water partition coefficient (Wildman–Crippen LogP) is 2.70. The Morgan fingerprint density at radius 2 is 2.38 bits per heavy atom. The molecule has 0 radical (unpaired) electrons. The van der Waals surface area contributed by atoms with Gasteiger partial charge in [0.2, 0.25) is 0 Å². The van der Waals surface area contributed by atoms with Crippen LogP contribution in [0.4, 0.5) is 0 Å². The monoisotopic (exact) mass is 310 g/mol. The maximum Gasteiger partial charge on any atom is 0.176 e. The standard InChI is InChI=1S/C16H23ClN2O2/c1-4-16(2,8-7-14(17)18-3)11-19(12-5-6-12)13-9-15(20)21-10-13/h4,7-9,12,15,20H,1,5-6,10-11H2,2-3H3. The number of halogens is 1. The van der Waals surface area contributed by atoms with Crippen LogP contribution in [-0.2, 0) is 4.74 Å². The molecule has 0 aromatic rings. The van der Waals surface area contributed by atoms with Gasteiger partial charge >= 0.3 is 0 Å². The Bertz CT molecular complexity index is 483. The molecule has 0 amide bonds. The van der Waals surface area contributed by atoms with E-state index in [0.29, 0.717) is 17.8 Å². The smallest absolute Gasteiger partial charge is 0.176 e. The van der Waals surface area contributed by atoms with Crippen LogP contribution in [0.5, 0.6) is 0 Å². The molecule has 0 spiro atoms. The molecule has 0 aromatic heterocycles. The number of allylic oxidation sites excluding steroid dienone is 1. The number of aliphatic hydroxyl groups is 1. The maximum absolute atomic E-state index is 9.52. The molecule has 1 N–H and O–H groups in total. The molecule has 1 heterocycles. The van der Waals surface area contributed by atoms with Gasteiger partial charge in [-0.25, -0.2) is 0 Å². The minimum Gasteiger partial charge on any atom is -0.369 e. The Kier molecular flexibility index (Phi) is 5.25. The van der Waals surface area contributed by atoms with E-state index in [2.05, 4.69) is 23.4 Å². The largest absolute Gasteiger partial charge is 0.369 e. The second kappa shape index (κ2) is 6.77. The lowest BCUT2D eigenvalue weighted by Crippen LogP contribution is -2.35. The van der Waals surface area contributed by atoms with E-state index in [0.717, 1.165) is 12.2 Å². The second-order valence-electron chi connectivity index (χ2n) is 5.81. The second-order valence-corrected chi connectivity index (χ2v) is 6.20. The summed E-state index contributed by atoms with van der Waals surface area (Å²) in [5.74, 6) is 0. The van der Waals surface area contributed by atoms with Crippen LogP contribution in [0.25, 0.3) is 0 Å². The van der Waals surface area contributed by atoms with Gasteiger partial charge in [-0.1, -0.05) is 30.7 Å². The molecule has 2 unspecified atom stereocenters. The fraction of sp³-hybridized carbons (Fsp3) is 0.562. The fourth-order valence-corrected chi connectivity index (χ4v) is 2.41. The van der Waals surface area contributed by atoms with E-state index in [1.54, 1.807) is 13.1 Å². The van der Waals surface area contributed by atoms with Crippen LogP contribution in [-0.4, -0.2) is 47.7 Å². The van der Waals surface area contributed by atoms with E-state index < -0.39 is 6.29 Å². The van der Waals surface area contributed by atoms with Crippen molar-refractivity contribution in [2.24, 2.45) is 10.4 Å². The Hall–Kier alpha value is -1.10. The van der Waals surface area contributed by atoms with Gasteiger partial charge in [0.15, 0.2) is 6.29 Å². The number of hydrogen-bond acceptors (Lipinski definition) is 4. The van der Waals surface area contributed by atoms with Gasteiger partial charge in [0.05, 0.1) is 6.61 Å². The van der Waals surface area contributed by atoms with Gasteiger partial charge in [-0.2, -0.15) is 0 Å². The van der Waals surface area contributed by atoms with Crippen molar-refractivity contribution >= 4 is 16.8 Å². The summed E-state index contributed by atoms with van der Waals surface area (Å²) >= 11 is 5.94. The van der Waals surface area contributed by atoms with Gasteiger partial charge in [0.25, 0.3) is 0 Å². The van der Waals surface area contributed by atoms with Crippen molar-refractivity contribution in [3.05, 3.63) is 36.6 Å². The molecule has 0 aromatic carbocycles. The third-order valence-electron chi connectivity index (χ3n) is 3.89. The van der Waals surface area contributed by atoms with Crippen molar-refractivity contribution in [1.82, 2.24) is 4.90 Å². The normalized spacial score (nSPS) is 25.8. The van der Waals surface area contributed by atoms with E-state index in [4.69, 9.17) is 16.3 Å². The Morgan fingerprint density at radius 1 is 1.67 bits per heavy atom. The molecule has 2 atom stereocenters. The van der Waals surface area contributed by atoms with Crippen LogP contribution in [0.1, 0.15) is 19.8 Å². The zero-order valence-electron chi connectivity index (χ0n) is 12.6. The first kappa shape index (κ1) is 16.3. The first-order chi connectivity index (χ1) is 9.97. The number of ether oxygens (including phenoxy) is 1. The van der Waals surface area contributed by atoms with E-state index in [1.807, 2.05) is 18.2 Å². The molecule has 1 fully saturated rings. The van der Waals surface area contributed by atoms with E-state index in [-0.39, 0.29) is 5.41 Å². The highest BCUT2D eigenvalue weighted by Crippen LogP contribution is 2.35. The van der Waals surface area contributed by atoms with Crippen molar-refractivity contribution in [1.29, 1.82) is 0 Å². The summed E-state index contributed by atoms with van der Waals surface area (Å²) < 4.78 is 5.23. The zero-order chi connectivity index (χ0) is 15.5. The highest BCUT2D eigenvalue weighted by molar-refractivity contribution is 6.68. The molecule has 5 heteroatoms. The molecule has 4 nitrogen and oxygen atoms in total. The van der Waals surface area contributed by atoms with Gasteiger partial charge < -0.3 is 14.7 Å². The van der Waals surface area contributed by atoms with E-state index >= 15 is 0 Å². The Morgan fingerprint density at radius 3 is 2.86 bits per heavy atom. The summed E-state index contributed by atoms with van der Waals surface area (Å²) in [5.41, 5.74) is 0.837. The van der Waals surface area contributed by atoms with Gasteiger partial charge in [-0.3, -0.25) is 4.99 Å². The zero-order valence-corrected chi connectivity index (χ0v) is 13.4. The van der Waals surface area contributed by atoms with Crippen molar-refractivity contribution < 1.29 is 9.84 Å². The van der Waals surface area contributed by atoms with Crippen LogP contribution < -0.4 is 0 Å². The van der Waals surface area contributed by atoms with Crippen molar-refractivity contribution in [3.8, 4) is 0 Å². The lowest BCUT2D eigenvalue weighted by atomic mass is 9.89. The number of hydrogen-bond donors (Lipinski definition) is 1. The van der Waals surface area contributed by atoms with Crippen molar-refractivity contribution in [2.75, 3.05) is 20.2 Å². The molecule has 2 aliphatic rings. The Labute approximate surface area is 131 Å². The van der Waals surface area contributed by atoms with Crippen LogP contribution in [0, 0.1) is 5.41 Å². The van der Waals surface area contributed by atoms with Crippen LogP contribution in [0.2, 0.25) is 0 Å². The molecular formula is C16H23ClN2O2. The SMILES string of the molecule is C=CC(C)(C=CC(Cl)=NC)CN(C1=CC(O)OC1)C1CC1. The molecule has 116 valence electrons. The molecular weight excluding hydrogens is 288 g/mol. The minimum atomic E-state index is -0.784.